The molecule has 160 valence electrons. The zero-order valence-electron chi connectivity index (χ0n) is 18.5. The van der Waals surface area contributed by atoms with E-state index in [0.717, 1.165) is 18.4 Å². The minimum absolute atomic E-state index is 0.0543. The van der Waals surface area contributed by atoms with Crippen LogP contribution in [0.1, 0.15) is 74.5 Å². The van der Waals surface area contributed by atoms with Gasteiger partial charge in [0.25, 0.3) is 0 Å². The summed E-state index contributed by atoms with van der Waals surface area (Å²) in [6, 6.07) is 12.6. The number of nitrogens with one attached hydrogen (secondary N) is 1. The average molecular weight is 426 g/mol. The van der Waals surface area contributed by atoms with Gasteiger partial charge in [0.05, 0.1) is 4.90 Å². The first-order valence-corrected chi connectivity index (χ1v) is 11.9. The lowest BCUT2D eigenvalue weighted by atomic mass is 9.63. The van der Waals surface area contributed by atoms with Crippen LogP contribution in [0.2, 0.25) is 0 Å². The second-order valence-electron chi connectivity index (χ2n) is 9.30. The van der Waals surface area contributed by atoms with E-state index < -0.39 is 10.0 Å². The molecule has 0 bridgehead atoms. The van der Waals surface area contributed by atoms with E-state index in [0.29, 0.717) is 12.1 Å². The smallest absolute Gasteiger partial charge is 0.240 e. The van der Waals surface area contributed by atoms with E-state index in [-0.39, 0.29) is 21.5 Å². The average Bonchev–Trinajstić information content (AvgIpc) is 2.70. The first-order valence-electron chi connectivity index (χ1n) is 10.4. The van der Waals surface area contributed by atoms with Crippen molar-refractivity contribution < 1.29 is 13.2 Å². The van der Waals surface area contributed by atoms with E-state index >= 15 is 0 Å². The largest absolute Gasteiger partial charge is 0.289 e. The number of rotatable bonds is 6. The maximum atomic E-state index is 12.8. The summed E-state index contributed by atoms with van der Waals surface area (Å²) in [6.07, 6.45) is 5.51. The van der Waals surface area contributed by atoms with Gasteiger partial charge in [-0.1, -0.05) is 65.0 Å². The molecule has 0 aliphatic heterocycles. The van der Waals surface area contributed by atoms with Crippen molar-refractivity contribution in [1.29, 1.82) is 0 Å². The molecular formula is C25H31NO3S. The first kappa shape index (κ1) is 22.4. The fourth-order valence-electron chi connectivity index (χ4n) is 4.04. The zero-order chi connectivity index (χ0) is 22.2. The Morgan fingerprint density at radius 3 is 2.17 bits per heavy atom. The number of hydrogen-bond donors (Lipinski definition) is 1. The summed E-state index contributed by atoms with van der Waals surface area (Å²) in [4.78, 5) is 13.0. The van der Waals surface area contributed by atoms with Crippen molar-refractivity contribution in [2.24, 2.45) is 0 Å². The second-order valence-corrected chi connectivity index (χ2v) is 11.1. The van der Waals surface area contributed by atoms with E-state index in [1.54, 1.807) is 43.3 Å². The van der Waals surface area contributed by atoms with Crippen LogP contribution in [0.25, 0.3) is 6.08 Å². The molecule has 0 saturated heterocycles. The predicted octanol–water partition coefficient (Wildman–Crippen LogP) is 5.23. The molecule has 0 heterocycles. The summed E-state index contributed by atoms with van der Waals surface area (Å²) >= 11 is 0. The minimum Gasteiger partial charge on any atom is -0.289 e. The van der Waals surface area contributed by atoms with Gasteiger partial charge in [0.2, 0.25) is 10.0 Å². The normalized spacial score (nSPS) is 17.6. The van der Waals surface area contributed by atoms with E-state index in [2.05, 4.69) is 44.5 Å². The van der Waals surface area contributed by atoms with Gasteiger partial charge in [-0.2, -0.15) is 0 Å². The van der Waals surface area contributed by atoms with Crippen LogP contribution in [0, 0.1) is 0 Å². The summed E-state index contributed by atoms with van der Waals surface area (Å²) in [6.45, 7) is 11.1. The minimum atomic E-state index is -3.47. The van der Waals surface area contributed by atoms with Gasteiger partial charge in [0, 0.05) is 12.1 Å². The van der Waals surface area contributed by atoms with Crippen LogP contribution in [0.4, 0.5) is 0 Å². The van der Waals surface area contributed by atoms with Crippen LogP contribution in [-0.4, -0.2) is 20.7 Å². The van der Waals surface area contributed by atoms with Crippen molar-refractivity contribution >= 4 is 21.9 Å². The highest BCUT2D eigenvalue weighted by molar-refractivity contribution is 7.89. The number of carbonyl (C=O) groups excluding carboxylic acids is 1. The molecule has 0 spiro atoms. The molecule has 5 heteroatoms. The van der Waals surface area contributed by atoms with Crippen molar-refractivity contribution in [3.8, 4) is 0 Å². The summed E-state index contributed by atoms with van der Waals surface area (Å²) in [5, 5.41) is 0. The quantitative estimate of drug-likeness (QED) is 0.509. The van der Waals surface area contributed by atoms with Gasteiger partial charge in [-0.05, 0) is 64.6 Å². The standard InChI is InChI=1S/C25H31NO3S/c1-6-26-30(28,29)20-11-7-18(8-12-20)9-14-23(27)19-10-13-21-22(17-19)25(4,5)16-15-24(21,2)3/h7-14,17,26H,6,15-16H2,1-5H3/b14-9+. The van der Waals surface area contributed by atoms with Crippen molar-refractivity contribution in [3.63, 3.8) is 0 Å². The topological polar surface area (TPSA) is 63.2 Å². The molecule has 4 nitrogen and oxygen atoms in total. The SMILES string of the molecule is CCNS(=O)(=O)c1ccc(/C=C/C(=O)c2ccc3c(c2)C(C)(C)CCC3(C)C)cc1. The van der Waals surface area contributed by atoms with E-state index in [4.69, 9.17) is 0 Å². The molecule has 0 amide bonds. The molecule has 1 N–H and O–H groups in total. The monoisotopic (exact) mass is 425 g/mol. The van der Waals surface area contributed by atoms with Crippen LogP contribution in [0.3, 0.4) is 0 Å². The molecule has 30 heavy (non-hydrogen) atoms. The maximum absolute atomic E-state index is 12.8. The Kier molecular flexibility index (Phi) is 6.08. The summed E-state index contributed by atoms with van der Waals surface area (Å²) in [5.74, 6) is -0.0543. The Morgan fingerprint density at radius 1 is 0.967 bits per heavy atom. The number of sulfonamides is 1. The Balaban J connectivity index is 1.82. The number of fused-ring (bicyclic) bond motifs is 1. The van der Waals surface area contributed by atoms with Gasteiger partial charge in [-0.15, -0.1) is 0 Å². The molecule has 2 aromatic carbocycles. The molecule has 2 aromatic rings. The van der Waals surface area contributed by atoms with Gasteiger partial charge in [0.15, 0.2) is 5.78 Å². The van der Waals surface area contributed by atoms with Gasteiger partial charge >= 0.3 is 0 Å². The third kappa shape index (κ3) is 4.57. The molecule has 1 aliphatic carbocycles. The van der Waals surface area contributed by atoms with E-state index in [1.165, 1.54) is 11.1 Å². The van der Waals surface area contributed by atoms with Crippen molar-refractivity contribution in [2.75, 3.05) is 6.54 Å². The van der Waals surface area contributed by atoms with Gasteiger partial charge in [-0.25, -0.2) is 13.1 Å². The molecular weight excluding hydrogens is 394 g/mol. The van der Waals surface area contributed by atoms with E-state index in [1.807, 2.05) is 6.07 Å². The van der Waals surface area contributed by atoms with Crippen LogP contribution in [0.15, 0.2) is 53.4 Å². The van der Waals surface area contributed by atoms with Gasteiger partial charge in [0.1, 0.15) is 0 Å². The molecule has 0 saturated carbocycles. The Morgan fingerprint density at radius 2 is 1.57 bits per heavy atom. The molecule has 0 aromatic heterocycles. The fraction of sp³-hybridized carbons (Fsp3) is 0.400. The molecule has 0 atom stereocenters. The highest BCUT2D eigenvalue weighted by atomic mass is 32.2. The highest BCUT2D eigenvalue weighted by Gasteiger charge is 2.37. The van der Waals surface area contributed by atoms with Crippen LogP contribution >= 0.6 is 0 Å². The zero-order valence-corrected chi connectivity index (χ0v) is 19.3. The van der Waals surface area contributed by atoms with Crippen molar-refractivity contribution in [2.45, 2.75) is 63.2 Å². The third-order valence-electron chi connectivity index (χ3n) is 6.09. The van der Waals surface area contributed by atoms with Crippen LogP contribution in [0.5, 0.6) is 0 Å². The number of carbonyl (C=O) groups is 1. The van der Waals surface area contributed by atoms with Crippen molar-refractivity contribution in [3.05, 3.63) is 70.8 Å². The highest BCUT2D eigenvalue weighted by Crippen LogP contribution is 2.45. The molecule has 1 aliphatic rings. The second kappa shape index (κ2) is 8.12. The van der Waals surface area contributed by atoms with Gasteiger partial charge < -0.3 is 0 Å². The van der Waals surface area contributed by atoms with E-state index in [9.17, 15) is 13.2 Å². The van der Waals surface area contributed by atoms with Crippen LogP contribution in [-0.2, 0) is 20.9 Å². The number of benzene rings is 2. The van der Waals surface area contributed by atoms with Crippen molar-refractivity contribution in [1.82, 2.24) is 4.72 Å². The van der Waals surface area contributed by atoms with Crippen LogP contribution < -0.4 is 4.72 Å². The lowest BCUT2D eigenvalue weighted by Gasteiger charge is -2.42. The molecule has 0 fully saturated rings. The lowest BCUT2D eigenvalue weighted by Crippen LogP contribution is -2.34. The Hall–Kier alpha value is -2.24. The fourth-order valence-corrected chi connectivity index (χ4v) is 5.08. The molecule has 0 radical (unpaired) electrons. The Bertz CT molecular complexity index is 1080. The molecule has 3 rings (SSSR count). The lowest BCUT2D eigenvalue weighted by molar-refractivity contribution is 0.104. The maximum Gasteiger partial charge on any atom is 0.240 e. The first-order chi connectivity index (χ1) is 14.0. The number of ketones is 1. The third-order valence-corrected chi connectivity index (χ3v) is 7.65. The van der Waals surface area contributed by atoms with Gasteiger partial charge in [-0.3, -0.25) is 4.79 Å². The number of allylic oxidation sites excluding steroid dienone is 1. The summed E-state index contributed by atoms with van der Waals surface area (Å²) in [7, 11) is -3.47. The molecule has 0 unspecified atom stereocenters. The summed E-state index contributed by atoms with van der Waals surface area (Å²) < 4.78 is 26.5. The Labute approximate surface area is 180 Å². The number of hydrogen-bond acceptors (Lipinski definition) is 3. The summed E-state index contributed by atoms with van der Waals surface area (Å²) in [5.41, 5.74) is 4.23. The predicted molar refractivity (Wildman–Crippen MR) is 122 cm³/mol.